The van der Waals surface area contributed by atoms with Crippen molar-refractivity contribution in [1.29, 1.82) is 0 Å². The highest BCUT2D eigenvalue weighted by atomic mass is 15.2. The number of rotatable bonds is 4. The van der Waals surface area contributed by atoms with Gasteiger partial charge in [-0.2, -0.15) is 0 Å². The first kappa shape index (κ1) is 13.0. The average molecular weight is 185 g/mol. The molecule has 0 saturated heterocycles. The van der Waals surface area contributed by atoms with Gasteiger partial charge in [-0.25, -0.2) is 0 Å². The Balaban J connectivity index is 4.56. The second-order valence-corrected chi connectivity index (χ2v) is 5.48. The third kappa shape index (κ3) is 3.68. The Labute approximate surface area is 84.5 Å². The van der Waals surface area contributed by atoms with Gasteiger partial charge >= 0.3 is 0 Å². The maximum absolute atomic E-state index is 2.59. The van der Waals surface area contributed by atoms with E-state index in [1.165, 1.54) is 12.8 Å². The molecule has 0 spiro atoms. The molecule has 0 aliphatic rings. The van der Waals surface area contributed by atoms with Crippen molar-refractivity contribution in [3.05, 3.63) is 0 Å². The van der Waals surface area contributed by atoms with Crippen LogP contribution in [-0.4, -0.2) is 22.5 Å². The first-order valence-electron chi connectivity index (χ1n) is 5.53. The Morgan fingerprint density at radius 1 is 0.923 bits per heavy atom. The summed E-state index contributed by atoms with van der Waals surface area (Å²) < 4.78 is 0. The molecule has 0 aliphatic carbocycles. The van der Waals surface area contributed by atoms with Gasteiger partial charge in [0.25, 0.3) is 0 Å². The molecule has 1 heteroatoms. The summed E-state index contributed by atoms with van der Waals surface area (Å²) in [6, 6.07) is 0. The zero-order valence-electron chi connectivity index (χ0n) is 10.6. The highest BCUT2D eigenvalue weighted by Crippen LogP contribution is 2.28. The fourth-order valence-electron chi connectivity index (χ4n) is 2.56. The molecule has 0 aromatic heterocycles. The van der Waals surface area contributed by atoms with Crippen LogP contribution in [0.4, 0.5) is 0 Å². The first-order chi connectivity index (χ1) is 5.75. The molecule has 0 aromatic rings. The van der Waals surface area contributed by atoms with Gasteiger partial charge in [0.2, 0.25) is 0 Å². The van der Waals surface area contributed by atoms with Crippen LogP contribution < -0.4 is 0 Å². The SMILES string of the molecule is CCCC(C)(C)N(CC)C(C)(C)C. The predicted octanol–water partition coefficient (Wildman–Crippen LogP) is 3.69. The van der Waals surface area contributed by atoms with Crippen LogP contribution in [0.2, 0.25) is 0 Å². The maximum Gasteiger partial charge on any atom is 0.0158 e. The minimum Gasteiger partial charge on any atom is -0.294 e. The molecule has 0 aliphatic heterocycles. The van der Waals surface area contributed by atoms with Crippen LogP contribution in [0, 0.1) is 0 Å². The molecule has 0 amide bonds. The smallest absolute Gasteiger partial charge is 0.0158 e. The third-order valence-electron chi connectivity index (χ3n) is 2.72. The molecule has 0 rings (SSSR count). The molecular weight excluding hydrogens is 158 g/mol. The normalized spacial score (nSPS) is 13.8. The Kier molecular flexibility index (Phi) is 4.44. The van der Waals surface area contributed by atoms with Gasteiger partial charge in [-0.15, -0.1) is 0 Å². The minimum absolute atomic E-state index is 0.285. The van der Waals surface area contributed by atoms with Crippen molar-refractivity contribution >= 4 is 0 Å². The molecule has 13 heavy (non-hydrogen) atoms. The van der Waals surface area contributed by atoms with E-state index in [-0.39, 0.29) is 5.54 Å². The Hall–Kier alpha value is -0.0400. The van der Waals surface area contributed by atoms with Crippen molar-refractivity contribution in [2.24, 2.45) is 0 Å². The lowest BCUT2D eigenvalue weighted by Gasteiger charge is -2.47. The van der Waals surface area contributed by atoms with Gasteiger partial charge in [0.1, 0.15) is 0 Å². The summed E-state index contributed by atoms with van der Waals surface area (Å²) in [7, 11) is 0. The lowest BCUT2D eigenvalue weighted by Crippen LogP contribution is -2.53. The Morgan fingerprint density at radius 2 is 1.38 bits per heavy atom. The van der Waals surface area contributed by atoms with Crippen molar-refractivity contribution in [3.8, 4) is 0 Å². The fourth-order valence-corrected chi connectivity index (χ4v) is 2.56. The number of hydrogen-bond acceptors (Lipinski definition) is 1. The van der Waals surface area contributed by atoms with Crippen LogP contribution in [0.1, 0.15) is 61.3 Å². The predicted molar refractivity (Wildman–Crippen MR) is 61.1 cm³/mol. The van der Waals surface area contributed by atoms with Crippen LogP contribution in [0.3, 0.4) is 0 Å². The minimum atomic E-state index is 0.285. The maximum atomic E-state index is 2.59. The van der Waals surface area contributed by atoms with Gasteiger partial charge in [-0.05, 0) is 47.6 Å². The zero-order valence-corrected chi connectivity index (χ0v) is 10.6. The van der Waals surface area contributed by atoms with Crippen LogP contribution in [0.25, 0.3) is 0 Å². The molecule has 0 aromatic carbocycles. The van der Waals surface area contributed by atoms with Gasteiger partial charge in [0, 0.05) is 11.1 Å². The van der Waals surface area contributed by atoms with Crippen molar-refractivity contribution < 1.29 is 0 Å². The van der Waals surface area contributed by atoms with Gasteiger partial charge in [-0.1, -0.05) is 20.3 Å². The summed E-state index contributed by atoms with van der Waals surface area (Å²) in [5.74, 6) is 0. The van der Waals surface area contributed by atoms with E-state index < -0.39 is 0 Å². The van der Waals surface area contributed by atoms with Crippen molar-refractivity contribution in [2.45, 2.75) is 72.4 Å². The molecule has 0 heterocycles. The summed E-state index contributed by atoms with van der Waals surface area (Å²) in [6.07, 6.45) is 2.54. The van der Waals surface area contributed by atoms with Gasteiger partial charge in [0.05, 0.1) is 0 Å². The van der Waals surface area contributed by atoms with Crippen molar-refractivity contribution in [3.63, 3.8) is 0 Å². The molecule has 0 fully saturated rings. The summed E-state index contributed by atoms with van der Waals surface area (Å²) >= 11 is 0. The topological polar surface area (TPSA) is 3.24 Å². The Morgan fingerprint density at radius 3 is 1.62 bits per heavy atom. The van der Waals surface area contributed by atoms with Crippen molar-refractivity contribution in [1.82, 2.24) is 4.90 Å². The quantitative estimate of drug-likeness (QED) is 0.645. The molecule has 0 atom stereocenters. The molecule has 0 N–H and O–H groups in total. The molecule has 0 bridgehead atoms. The molecule has 1 nitrogen and oxygen atoms in total. The lowest BCUT2D eigenvalue weighted by atomic mass is 9.90. The first-order valence-corrected chi connectivity index (χ1v) is 5.53. The van der Waals surface area contributed by atoms with E-state index in [4.69, 9.17) is 0 Å². The summed E-state index contributed by atoms with van der Waals surface area (Å²) in [4.78, 5) is 2.59. The largest absolute Gasteiger partial charge is 0.294 e. The van der Waals surface area contributed by atoms with Crippen LogP contribution in [0.15, 0.2) is 0 Å². The Bertz CT molecular complexity index is 142. The van der Waals surface area contributed by atoms with E-state index in [0.29, 0.717) is 5.54 Å². The van der Waals surface area contributed by atoms with Crippen LogP contribution in [0.5, 0.6) is 0 Å². The molecule has 0 saturated carbocycles. The standard InChI is InChI=1S/C12H27N/c1-8-10-12(6,7)13(9-2)11(3,4)5/h8-10H2,1-7H3. The van der Waals surface area contributed by atoms with E-state index in [0.717, 1.165) is 6.54 Å². The van der Waals surface area contributed by atoms with Gasteiger partial charge in [-0.3, -0.25) is 4.90 Å². The van der Waals surface area contributed by atoms with E-state index in [1.807, 2.05) is 0 Å². The average Bonchev–Trinajstić information content (AvgIpc) is 1.83. The lowest BCUT2D eigenvalue weighted by molar-refractivity contribution is 0.0266. The van der Waals surface area contributed by atoms with E-state index in [1.54, 1.807) is 0 Å². The number of hydrogen-bond donors (Lipinski definition) is 0. The van der Waals surface area contributed by atoms with E-state index >= 15 is 0 Å². The third-order valence-corrected chi connectivity index (χ3v) is 2.72. The van der Waals surface area contributed by atoms with E-state index in [2.05, 4.69) is 53.4 Å². The molecule has 80 valence electrons. The second-order valence-electron chi connectivity index (χ2n) is 5.48. The number of nitrogens with zero attached hydrogens (tertiary/aromatic N) is 1. The van der Waals surface area contributed by atoms with Crippen molar-refractivity contribution in [2.75, 3.05) is 6.54 Å². The highest BCUT2D eigenvalue weighted by Gasteiger charge is 2.32. The summed E-state index contributed by atoms with van der Waals surface area (Å²) in [5.41, 5.74) is 0.620. The van der Waals surface area contributed by atoms with Gasteiger partial charge in [0.15, 0.2) is 0 Å². The van der Waals surface area contributed by atoms with Gasteiger partial charge < -0.3 is 0 Å². The monoisotopic (exact) mass is 185 g/mol. The summed E-state index contributed by atoms with van der Waals surface area (Å²) in [5, 5.41) is 0. The van der Waals surface area contributed by atoms with E-state index in [9.17, 15) is 0 Å². The fraction of sp³-hybridized carbons (Fsp3) is 1.00. The molecular formula is C12H27N. The highest BCUT2D eigenvalue weighted by molar-refractivity contribution is 4.88. The summed E-state index contributed by atoms with van der Waals surface area (Å²) in [6.45, 7) is 17.3. The second kappa shape index (κ2) is 4.45. The molecule has 0 unspecified atom stereocenters. The van der Waals surface area contributed by atoms with Crippen LogP contribution in [-0.2, 0) is 0 Å². The molecule has 0 radical (unpaired) electrons. The van der Waals surface area contributed by atoms with Crippen LogP contribution >= 0.6 is 0 Å². The zero-order chi connectivity index (χ0) is 10.7.